The van der Waals surface area contributed by atoms with Crippen LogP contribution in [0.4, 0.5) is 5.69 Å². The summed E-state index contributed by atoms with van der Waals surface area (Å²) in [6.07, 6.45) is 1.58. The van der Waals surface area contributed by atoms with Gasteiger partial charge in [0.25, 0.3) is 5.91 Å². The number of nitrogens with zero attached hydrogens (tertiary/aromatic N) is 2. The van der Waals surface area contributed by atoms with Crippen molar-refractivity contribution in [3.63, 3.8) is 0 Å². The van der Waals surface area contributed by atoms with Crippen molar-refractivity contribution >= 4 is 23.2 Å². The molecule has 0 radical (unpaired) electrons. The Labute approximate surface area is 124 Å². The standard InChI is InChI=1S/C15H18ClN3O/c1-4-19(5-2)10-12(9-17)15(20)18-14-8-6-7-13(16)11(14)3/h6-8,10H,4-5H2,1-3H3,(H,18,20)/b12-10-. The average Bonchev–Trinajstić information content (AvgIpc) is 2.45. The van der Waals surface area contributed by atoms with Crippen LogP contribution < -0.4 is 5.32 Å². The Morgan fingerprint density at radius 1 is 1.45 bits per heavy atom. The summed E-state index contributed by atoms with van der Waals surface area (Å²) < 4.78 is 0. The largest absolute Gasteiger partial charge is 0.377 e. The van der Waals surface area contributed by atoms with Crippen LogP contribution in [-0.2, 0) is 4.79 Å². The van der Waals surface area contributed by atoms with E-state index in [4.69, 9.17) is 16.9 Å². The van der Waals surface area contributed by atoms with Gasteiger partial charge in [-0.1, -0.05) is 17.7 Å². The lowest BCUT2D eigenvalue weighted by Gasteiger charge is -2.16. The second-order valence-electron chi connectivity index (χ2n) is 4.24. The molecule has 20 heavy (non-hydrogen) atoms. The third-order valence-electron chi connectivity index (χ3n) is 3.01. The molecule has 0 spiro atoms. The first-order chi connectivity index (χ1) is 9.53. The van der Waals surface area contributed by atoms with Gasteiger partial charge in [0.1, 0.15) is 11.6 Å². The van der Waals surface area contributed by atoms with Crippen LogP contribution in [0.15, 0.2) is 30.0 Å². The molecule has 0 heterocycles. The fourth-order valence-electron chi connectivity index (χ4n) is 1.66. The first-order valence-corrected chi connectivity index (χ1v) is 6.83. The third-order valence-corrected chi connectivity index (χ3v) is 3.41. The van der Waals surface area contributed by atoms with E-state index < -0.39 is 5.91 Å². The predicted molar refractivity (Wildman–Crippen MR) is 81.4 cm³/mol. The number of halogens is 1. The molecule has 1 aromatic carbocycles. The minimum atomic E-state index is -0.426. The summed E-state index contributed by atoms with van der Waals surface area (Å²) in [5.41, 5.74) is 1.47. The zero-order valence-corrected chi connectivity index (χ0v) is 12.7. The predicted octanol–water partition coefficient (Wildman–Crippen LogP) is 3.34. The highest BCUT2D eigenvalue weighted by molar-refractivity contribution is 6.31. The van der Waals surface area contributed by atoms with E-state index in [1.54, 1.807) is 24.4 Å². The first-order valence-electron chi connectivity index (χ1n) is 6.45. The van der Waals surface area contributed by atoms with Gasteiger partial charge in [-0.3, -0.25) is 4.79 Å². The molecule has 0 fully saturated rings. The fraction of sp³-hybridized carbons (Fsp3) is 0.333. The summed E-state index contributed by atoms with van der Waals surface area (Å²) in [7, 11) is 0. The van der Waals surface area contributed by atoms with Gasteiger partial charge >= 0.3 is 0 Å². The Kier molecular flexibility index (Phi) is 6.08. The normalized spacial score (nSPS) is 10.8. The van der Waals surface area contributed by atoms with E-state index in [-0.39, 0.29) is 5.57 Å². The van der Waals surface area contributed by atoms with Crippen LogP contribution in [-0.4, -0.2) is 23.9 Å². The van der Waals surface area contributed by atoms with E-state index in [2.05, 4.69) is 5.32 Å². The number of nitrogens with one attached hydrogen (secondary N) is 1. The molecule has 0 atom stereocenters. The summed E-state index contributed by atoms with van der Waals surface area (Å²) in [6.45, 7) is 7.23. The van der Waals surface area contributed by atoms with Crippen molar-refractivity contribution in [1.29, 1.82) is 5.26 Å². The van der Waals surface area contributed by atoms with Crippen molar-refractivity contribution in [1.82, 2.24) is 4.90 Å². The maximum absolute atomic E-state index is 12.1. The first kappa shape index (κ1) is 16.1. The van der Waals surface area contributed by atoms with Crippen LogP contribution >= 0.6 is 11.6 Å². The number of benzene rings is 1. The van der Waals surface area contributed by atoms with Crippen molar-refractivity contribution in [2.45, 2.75) is 20.8 Å². The highest BCUT2D eigenvalue weighted by Gasteiger charge is 2.12. The second-order valence-corrected chi connectivity index (χ2v) is 4.65. The Balaban J connectivity index is 2.94. The summed E-state index contributed by atoms with van der Waals surface area (Å²) in [4.78, 5) is 14.0. The van der Waals surface area contributed by atoms with Gasteiger partial charge in [-0.15, -0.1) is 0 Å². The summed E-state index contributed by atoms with van der Waals surface area (Å²) >= 11 is 6.00. The second kappa shape index (κ2) is 7.56. The van der Waals surface area contributed by atoms with Crippen LogP contribution in [0, 0.1) is 18.3 Å². The van der Waals surface area contributed by atoms with Crippen molar-refractivity contribution in [3.8, 4) is 6.07 Å². The van der Waals surface area contributed by atoms with Crippen molar-refractivity contribution < 1.29 is 4.79 Å². The maximum Gasteiger partial charge on any atom is 0.267 e. The van der Waals surface area contributed by atoms with Gasteiger partial charge in [0.15, 0.2) is 0 Å². The Morgan fingerprint density at radius 3 is 2.65 bits per heavy atom. The lowest BCUT2D eigenvalue weighted by atomic mass is 10.2. The van der Waals surface area contributed by atoms with Crippen LogP contribution in [0.1, 0.15) is 19.4 Å². The molecule has 5 heteroatoms. The molecule has 0 saturated heterocycles. The van der Waals surface area contributed by atoms with Crippen LogP contribution in [0.2, 0.25) is 5.02 Å². The van der Waals surface area contributed by atoms with E-state index in [1.165, 1.54) is 0 Å². The van der Waals surface area contributed by atoms with Gasteiger partial charge in [-0.2, -0.15) is 5.26 Å². The van der Waals surface area contributed by atoms with E-state index in [1.807, 2.05) is 31.7 Å². The summed E-state index contributed by atoms with van der Waals surface area (Å²) in [5.74, 6) is -0.426. The van der Waals surface area contributed by atoms with E-state index in [9.17, 15) is 4.79 Å². The lowest BCUT2D eigenvalue weighted by molar-refractivity contribution is -0.112. The number of rotatable bonds is 5. The molecule has 0 aromatic heterocycles. The molecule has 0 unspecified atom stereocenters. The number of hydrogen-bond donors (Lipinski definition) is 1. The van der Waals surface area contributed by atoms with Gasteiger partial charge in [-0.25, -0.2) is 0 Å². The summed E-state index contributed by atoms with van der Waals surface area (Å²) in [5, 5.41) is 12.4. The van der Waals surface area contributed by atoms with Crippen molar-refractivity contribution in [3.05, 3.63) is 40.6 Å². The molecular weight excluding hydrogens is 274 g/mol. The molecule has 1 N–H and O–H groups in total. The number of anilines is 1. The lowest BCUT2D eigenvalue weighted by Crippen LogP contribution is -2.21. The smallest absolute Gasteiger partial charge is 0.267 e. The minimum Gasteiger partial charge on any atom is -0.377 e. The molecular formula is C15H18ClN3O. The highest BCUT2D eigenvalue weighted by atomic mass is 35.5. The van der Waals surface area contributed by atoms with Crippen LogP contribution in [0.25, 0.3) is 0 Å². The Bertz CT molecular complexity index is 557. The van der Waals surface area contributed by atoms with Gasteiger partial charge in [-0.05, 0) is 38.5 Å². The fourth-order valence-corrected chi connectivity index (χ4v) is 1.83. The molecule has 0 saturated carbocycles. The van der Waals surface area contributed by atoms with E-state index >= 15 is 0 Å². The molecule has 1 aromatic rings. The molecule has 0 aliphatic carbocycles. The monoisotopic (exact) mass is 291 g/mol. The quantitative estimate of drug-likeness (QED) is 0.669. The summed E-state index contributed by atoms with van der Waals surface area (Å²) in [6, 6.07) is 7.19. The molecule has 4 nitrogen and oxygen atoms in total. The molecule has 0 aliphatic heterocycles. The molecule has 0 bridgehead atoms. The molecule has 0 aliphatic rings. The highest BCUT2D eigenvalue weighted by Crippen LogP contribution is 2.23. The van der Waals surface area contributed by atoms with Gasteiger partial charge in [0.05, 0.1) is 0 Å². The average molecular weight is 292 g/mol. The minimum absolute atomic E-state index is 0.0769. The topological polar surface area (TPSA) is 56.1 Å². The SMILES string of the molecule is CCN(/C=C(/C#N)C(=O)Nc1cccc(Cl)c1C)CC. The van der Waals surface area contributed by atoms with Gasteiger partial charge < -0.3 is 10.2 Å². The van der Waals surface area contributed by atoms with Crippen LogP contribution in [0.3, 0.4) is 0 Å². The number of amides is 1. The number of carbonyl (C=O) groups excluding carboxylic acids is 1. The Hall–Kier alpha value is -1.99. The molecule has 106 valence electrons. The van der Waals surface area contributed by atoms with E-state index in [0.29, 0.717) is 10.7 Å². The van der Waals surface area contributed by atoms with Gasteiger partial charge in [0, 0.05) is 30.0 Å². The Morgan fingerprint density at radius 2 is 2.10 bits per heavy atom. The maximum atomic E-state index is 12.1. The van der Waals surface area contributed by atoms with Crippen LogP contribution in [0.5, 0.6) is 0 Å². The van der Waals surface area contributed by atoms with Crippen molar-refractivity contribution in [2.24, 2.45) is 0 Å². The molecule has 1 amide bonds. The zero-order chi connectivity index (χ0) is 15.1. The van der Waals surface area contributed by atoms with Gasteiger partial charge in [0.2, 0.25) is 0 Å². The van der Waals surface area contributed by atoms with Crippen molar-refractivity contribution in [2.75, 3.05) is 18.4 Å². The number of nitriles is 1. The van der Waals surface area contributed by atoms with E-state index in [0.717, 1.165) is 18.7 Å². The zero-order valence-electron chi connectivity index (χ0n) is 11.9. The molecule has 1 rings (SSSR count). The number of carbonyl (C=O) groups is 1. The number of hydrogen-bond acceptors (Lipinski definition) is 3. The third kappa shape index (κ3) is 4.01.